The second-order valence-corrected chi connectivity index (χ2v) is 4.72. The van der Waals surface area contributed by atoms with Gasteiger partial charge in [-0.2, -0.15) is 8.42 Å². The lowest BCUT2D eigenvalue weighted by Gasteiger charge is -1.99. The van der Waals surface area contributed by atoms with Gasteiger partial charge in [0.25, 0.3) is 0 Å². The average molecular weight is 290 g/mol. The lowest BCUT2D eigenvalue weighted by molar-refractivity contribution is 0.443. The maximum atomic E-state index is 10.5. The molecule has 0 aliphatic heterocycles. The molecule has 0 aromatic rings. The van der Waals surface area contributed by atoms with Crippen LogP contribution in [0.2, 0.25) is 0 Å². The molecule has 0 aromatic carbocycles. The molecule has 0 aliphatic carbocycles. The van der Waals surface area contributed by atoms with Gasteiger partial charge in [-0.3, -0.25) is 0 Å². The topological polar surface area (TPSA) is 43.4 Å². The van der Waals surface area contributed by atoms with E-state index in [0.29, 0.717) is 3.77 Å². The molecule has 3 nitrogen and oxygen atoms in total. The maximum absolute atomic E-state index is 10.5. The largest absolute Gasteiger partial charge is 0.376 e. The summed E-state index contributed by atoms with van der Waals surface area (Å²) in [6, 6.07) is 0. The fraction of sp³-hybridized carbons (Fsp3) is 0.667. The molecule has 0 saturated heterocycles. The van der Waals surface area contributed by atoms with E-state index in [9.17, 15) is 8.42 Å². The van der Waals surface area contributed by atoms with Crippen molar-refractivity contribution in [1.82, 2.24) is 0 Å². The summed E-state index contributed by atoms with van der Waals surface area (Å²) in [7, 11) is -3.33. The minimum Gasteiger partial charge on any atom is -0.376 e. The van der Waals surface area contributed by atoms with Crippen molar-refractivity contribution >= 4 is 32.7 Å². The molecule has 0 amide bonds. The first-order valence-corrected chi connectivity index (χ1v) is 6.10. The molecule has 0 aliphatic rings. The second kappa shape index (κ2) is 4.97. The molecule has 66 valence electrons. The normalized spacial score (nSPS) is 13.2. The van der Waals surface area contributed by atoms with E-state index in [1.165, 1.54) is 0 Å². The highest BCUT2D eigenvalue weighted by atomic mass is 127. The number of hydrogen-bond acceptors (Lipinski definition) is 3. The zero-order chi connectivity index (χ0) is 8.91. The molecule has 5 heteroatoms. The van der Waals surface area contributed by atoms with E-state index in [0.717, 1.165) is 19.1 Å². The zero-order valence-corrected chi connectivity index (χ0v) is 9.48. The molecule has 0 N–H and O–H groups in total. The molecule has 11 heavy (non-hydrogen) atoms. The molecular formula is C6H11IO3S. The minimum absolute atomic E-state index is 0.423. The lowest BCUT2D eigenvalue weighted by atomic mass is 10.3. The zero-order valence-electron chi connectivity index (χ0n) is 6.50. The Bertz CT molecular complexity index is 230. The van der Waals surface area contributed by atoms with Gasteiger partial charge in [0.2, 0.25) is 0 Å². The van der Waals surface area contributed by atoms with Crippen LogP contribution in [0.5, 0.6) is 0 Å². The van der Waals surface area contributed by atoms with Gasteiger partial charge >= 0.3 is 10.1 Å². The summed E-state index contributed by atoms with van der Waals surface area (Å²) in [6.45, 7) is 2.01. The van der Waals surface area contributed by atoms with Crippen LogP contribution in [-0.4, -0.2) is 14.7 Å². The molecule has 0 aromatic heterocycles. The summed E-state index contributed by atoms with van der Waals surface area (Å²) < 4.78 is 26.1. The Kier molecular flexibility index (Phi) is 5.07. The van der Waals surface area contributed by atoms with E-state index in [-0.39, 0.29) is 0 Å². The Balaban J connectivity index is 3.97. The van der Waals surface area contributed by atoms with Gasteiger partial charge in [0.15, 0.2) is 3.77 Å². The van der Waals surface area contributed by atoms with Gasteiger partial charge in [0, 0.05) is 22.6 Å². The van der Waals surface area contributed by atoms with Gasteiger partial charge in [-0.1, -0.05) is 13.3 Å². The van der Waals surface area contributed by atoms with Gasteiger partial charge in [0.05, 0.1) is 6.26 Å². The van der Waals surface area contributed by atoms with E-state index in [1.807, 2.05) is 29.5 Å². The quantitative estimate of drug-likeness (QED) is 0.452. The highest BCUT2D eigenvalue weighted by Gasteiger charge is 2.02. The Morgan fingerprint density at radius 3 is 2.55 bits per heavy atom. The Morgan fingerprint density at radius 2 is 2.18 bits per heavy atom. The van der Waals surface area contributed by atoms with Gasteiger partial charge in [-0.25, -0.2) is 0 Å². The molecule has 0 spiro atoms. The average Bonchev–Trinajstić information content (AvgIpc) is 1.79. The Labute approximate surface area is 81.1 Å². The van der Waals surface area contributed by atoms with Gasteiger partial charge < -0.3 is 4.18 Å². The van der Waals surface area contributed by atoms with Gasteiger partial charge in [-0.05, 0) is 12.5 Å². The van der Waals surface area contributed by atoms with Gasteiger partial charge in [0.1, 0.15) is 0 Å². The van der Waals surface area contributed by atoms with Crippen molar-refractivity contribution < 1.29 is 12.6 Å². The van der Waals surface area contributed by atoms with Crippen molar-refractivity contribution in [2.24, 2.45) is 0 Å². The van der Waals surface area contributed by atoms with E-state index in [1.54, 1.807) is 6.08 Å². The van der Waals surface area contributed by atoms with E-state index in [4.69, 9.17) is 0 Å². The second-order valence-electron chi connectivity index (χ2n) is 2.08. The van der Waals surface area contributed by atoms with Crippen LogP contribution in [0.3, 0.4) is 0 Å². The molecular weight excluding hydrogens is 279 g/mol. The van der Waals surface area contributed by atoms with Crippen molar-refractivity contribution in [3.05, 3.63) is 9.84 Å². The van der Waals surface area contributed by atoms with Crippen LogP contribution in [0, 0.1) is 0 Å². The molecule has 0 fully saturated rings. The van der Waals surface area contributed by atoms with Crippen LogP contribution in [0.15, 0.2) is 9.84 Å². The molecule has 0 bridgehead atoms. The monoisotopic (exact) mass is 290 g/mol. The number of halogens is 1. The van der Waals surface area contributed by atoms with Crippen molar-refractivity contribution in [3.8, 4) is 0 Å². The van der Waals surface area contributed by atoms with Crippen molar-refractivity contribution in [1.29, 1.82) is 0 Å². The number of unbranched alkanes of at least 4 members (excludes halogenated alkanes) is 1. The van der Waals surface area contributed by atoms with Gasteiger partial charge in [-0.15, -0.1) is 0 Å². The minimum atomic E-state index is -3.33. The summed E-state index contributed by atoms with van der Waals surface area (Å²) in [4.78, 5) is 0. The summed E-state index contributed by atoms with van der Waals surface area (Å²) >= 11 is 1.85. The SMILES string of the molecule is CCCC=C(I)OS(C)(=O)=O. The molecule has 0 atom stereocenters. The third-order valence-corrected chi connectivity index (χ3v) is 2.27. The predicted molar refractivity (Wildman–Crippen MR) is 52.9 cm³/mol. The first kappa shape index (κ1) is 11.2. The van der Waals surface area contributed by atoms with Crippen LogP contribution in [0.1, 0.15) is 19.8 Å². The van der Waals surface area contributed by atoms with Crippen molar-refractivity contribution in [3.63, 3.8) is 0 Å². The third kappa shape index (κ3) is 8.12. The van der Waals surface area contributed by atoms with E-state index in [2.05, 4.69) is 4.18 Å². The summed E-state index contributed by atoms with van der Waals surface area (Å²) in [5, 5.41) is 0. The predicted octanol–water partition coefficient (Wildman–Crippen LogP) is 2.04. The van der Waals surface area contributed by atoms with Crippen LogP contribution in [0.4, 0.5) is 0 Å². The van der Waals surface area contributed by atoms with Crippen LogP contribution in [0.25, 0.3) is 0 Å². The number of hydrogen-bond donors (Lipinski definition) is 0. The molecule has 0 unspecified atom stereocenters. The van der Waals surface area contributed by atoms with Crippen LogP contribution >= 0.6 is 22.6 Å². The summed E-state index contributed by atoms with van der Waals surface area (Å²) in [5.74, 6) is 0. The Morgan fingerprint density at radius 1 is 1.64 bits per heavy atom. The summed E-state index contributed by atoms with van der Waals surface area (Å²) in [6.07, 6.45) is 4.61. The molecule has 0 radical (unpaired) electrons. The molecule has 0 rings (SSSR count). The number of rotatable bonds is 4. The Hall–Kier alpha value is 0.220. The smallest absolute Gasteiger partial charge is 0.306 e. The molecule has 0 heterocycles. The number of allylic oxidation sites excluding steroid dienone is 1. The van der Waals surface area contributed by atoms with Crippen molar-refractivity contribution in [2.75, 3.05) is 6.26 Å². The lowest BCUT2D eigenvalue weighted by Crippen LogP contribution is -1.98. The van der Waals surface area contributed by atoms with Crippen LogP contribution < -0.4 is 0 Å². The highest BCUT2D eigenvalue weighted by molar-refractivity contribution is 14.1. The third-order valence-electron chi connectivity index (χ3n) is 0.824. The fourth-order valence-corrected chi connectivity index (χ4v) is 2.08. The van der Waals surface area contributed by atoms with Crippen LogP contribution in [-0.2, 0) is 14.3 Å². The highest BCUT2D eigenvalue weighted by Crippen LogP contribution is 2.12. The van der Waals surface area contributed by atoms with Crippen molar-refractivity contribution in [2.45, 2.75) is 19.8 Å². The molecule has 0 saturated carbocycles. The fourth-order valence-electron chi connectivity index (χ4n) is 0.436. The maximum Gasteiger partial charge on any atom is 0.306 e. The standard InChI is InChI=1S/C6H11IO3S/c1-3-4-5-6(7)10-11(2,8)9/h5H,3-4H2,1-2H3. The van der Waals surface area contributed by atoms with E-state index >= 15 is 0 Å². The van der Waals surface area contributed by atoms with E-state index < -0.39 is 10.1 Å². The first-order valence-electron chi connectivity index (χ1n) is 3.21. The first-order chi connectivity index (χ1) is 4.95. The summed E-state index contributed by atoms with van der Waals surface area (Å²) in [5.41, 5.74) is 0.